The predicted molar refractivity (Wildman–Crippen MR) is 63.1 cm³/mol. The molecule has 0 aromatic carbocycles. The standard InChI is InChI=1S/C11H23N3O2/c1-16-8-10(3-2-6-12)13-7-11(15)14-9-4-5-9/h9-10,13H,2-8,12H2,1H3,(H,14,15). The largest absolute Gasteiger partial charge is 0.383 e. The molecule has 0 spiro atoms. The van der Waals surface area contributed by atoms with E-state index < -0.39 is 0 Å². The van der Waals surface area contributed by atoms with E-state index in [2.05, 4.69) is 10.6 Å². The molecule has 5 heteroatoms. The quantitative estimate of drug-likeness (QED) is 0.503. The average molecular weight is 229 g/mol. The maximum atomic E-state index is 11.4. The summed E-state index contributed by atoms with van der Waals surface area (Å²) in [6.45, 7) is 1.67. The van der Waals surface area contributed by atoms with Crippen LogP contribution in [-0.2, 0) is 9.53 Å². The third kappa shape index (κ3) is 6.05. The highest BCUT2D eigenvalue weighted by atomic mass is 16.5. The Morgan fingerprint density at radius 3 is 2.88 bits per heavy atom. The smallest absolute Gasteiger partial charge is 0.234 e. The highest BCUT2D eigenvalue weighted by molar-refractivity contribution is 5.78. The van der Waals surface area contributed by atoms with E-state index >= 15 is 0 Å². The first-order valence-electron chi connectivity index (χ1n) is 5.98. The lowest BCUT2D eigenvalue weighted by molar-refractivity contribution is -0.120. The molecule has 16 heavy (non-hydrogen) atoms. The van der Waals surface area contributed by atoms with Crippen LogP contribution in [0.2, 0.25) is 0 Å². The van der Waals surface area contributed by atoms with Crippen LogP contribution >= 0.6 is 0 Å². The van der Waals surface area contributed by atoms with Crippen molar-refractivity contribution in [3.63, 3.8) is 0 Å². The van der Waals surface area contributed by atoms with Gasteiger partial charge in [-0.05, 0) is 32.2 Å². The zero-order chi connectivity index (χ0) is 11.8. The Morgan fingerprint density at radius 1 is 1.56 bits per heavy atom. The molecule has 0 aliphatic heterocycles. The van der Waals surface area contributed by atoms with Gasteiger partial charge in [-0.15, -0.1) is 0 Å². The Morgan fingerprint density at radius 2 is 2.31 bits per heavy atom. The molecule has 1 amide bonds. The molecule has 94 valence electrons. The number of ether oxygens (including phenoxy) is 1. The van der Waals surface area contributed by atoms with Gasteiger partial charge >= 0.3 is 0 Å². The van der Waals surface area contributed by atoms with Crippen molar-refractivity contribution in [3.05, 3.63) is 0 Å². The molecule has 1 fully saturated rings. The van der Waals surface area contributed by atoms with Crippen LogP contribution in [0.15, 0.2) is 0 Å². The van der Waals surface area contributed by atoms with Gasteiger partial charge < -0.3 is 21.1 Å². The lowest BCUT2D eigenvalue weighted by atomic mass is 10.1. The zero-order valence-corrected chi connectivity index (χ0v) is 10.00. The molecular weight excluding hydrogens is 206 g/mol. The Balaban J connectivity index is 2.11. The fraction of sp³-hybridized carbons (Fsp3) is 0.909. The molecule has 1 saturated carbocycles. The van der Waals surface area contributed by atoms with Gasteiger partial charge in [0.25, 0.3) is 0 Å². The van der Waals surface area contributed by atoms with Crippen LogP contribution in [0.25, 0.3) is 0 Å². The third-order valence-corrected chi connectivity index (χ3v) is 2.62. The van der Waals surface area contributed by atoms with Crippen molar-refractivity contribution in [3.8, 4) is 0 Å². The lowest BCUT2D eigenvalue weighted by Crippen LogP contribution is -2.42. The van der Waals surface area contributed by atoms with Crippen molar-refractivity contribution in [2.24, 2.45) is 5.73 Å². The van der Waals surface area contributed by atoms with E-state index in [4.69, 9.17) is 10.5 Å². The number of nitrogens with one attached hydrogen (secondary N) is 2. The number of amides is 1. The number of carbonyl (C=O) groups excluding carboxylic acids is 1. The molecule has 1 atom stereocenters. The highest BCUT2D eigenvalue weighted by Gasteiger charge is 2.23. The van der Waals surface area contributed by atoms with Crippen LogP contribution in [0.1, 0.15) is 25.7 Å². The van der Waals surface area contributed by atoms with Crippen molar-refractivity contribution in [1.82, 2.24) is 10.6 Å². The van der Waals surface area contributed by atoms with Gasteiger partial charge in [-0.1, -0.05) is 0 Å². The number of methoxy groups -OCH3 is 1. The SMILES string of the molecule is COCC(CCCN)NCC(=O)NC1CC1. The molecule has 0 aromatic heterocycles. The van der Waals surface area contributed by atoms with Crippen LogP contribution in [0.4, 0.5) is 0 Å². The number of rotatable bonds is 9. The number of hydrogen-bond donors (Lipinski definition) is 3. The summed E-state index contributed by atoms with van der Waals surface area (Å²) in [5.74, 6) is 0.0800. The van der Waals surface area contributed by atoms with Crippen molar-refractivity contribution in [1.29, 1.82) is 0 Å². The summed E-state index contributed by atoms with van der Waals surface area (Å²) < 4.78 is 5.09. The molecule has 1 aliphatic carbocycles. The molecule has 4 N–H and O–H groups in total. The molecule has 0 radical (unpaired) electrons. The maximum Gasteiger partial charge on any atom is 0.234 e. The van der Waals surface area contributed by atoms with Gasteiger partial charge in [0.15, 0.2) is 0 Å². The third-order valence-electron chi connectivity index (χ3n) is 2.62. The fourth-order valence-electron chi connectivity index (χ4n) is 1.55. The number of carbonyl (C=O) groups is 1. The Kier molecular flexibility index (Phi) is 6.37. The van der Waals surface area contributed by atoms with E-state index in [0.717, 1.165) is 25.7 Å². The Labute approximate surface area is 97.1 Å². The van der Waals surface area contributed by atoms with Gasteiger partial charge in [-0.25, -0.2) is 0 Å². The molecule has 0 saturated heterocycles. The topological polar surface area (TPSA) is 76.4 Å². The van der Waals surface area contributed by atoms with E-state index in [0.29, 0.717) is 25.7 Å². The molecule has 0 heterocycles. The maximum absolute atomic E-state index is 11.4. The van der Waals surface area contributed by atoms with Gasteiger partial charge in [0.05, 0.1) is 13.2 Å². The second kappa shape index (κ2) is 7.60. The van der Waals surface area contributed by atoms with Gasteiger partial charge in [0.1, 0.15) is 0 Å². The van der Waals surface area contributed by atoms with Gasteiger partial charge in [-0.2, -0.15) is 0 Å². The number of nitrogens with two attached hydrogens (primary N) is 1. The van der Waals surface area contributed by atoms with Crippen molar-refractivity contribution in [2.45, 2.75) is 37.8 Å². The molecular formula is C11H23N3O2. The highest BCUT2D eigenvalue weighted by Crippen LogP contribution is 2.18. The average Bonchev–Trinajstić information content (AvgIpc) is 3.06. The minimum atomic E-state index is 0.0800. The zero-order valence-electron chi connectivity index (χ0n) is 10.00. The normalized spacial score (nSPS) is 17.1. The Hall–Kier alpha value is -0.650. The van der Waals surface area contributed by atoms with E-state index in [1.54, 1.807) is 7.11 Å². The summed E-state index contributed by atoms with van der Waals surface area (Å²) in [6.07, 6.45) is 4.15. The monoisotopic (exact) mass is 229 g/mol. The second-order valence-corrected chi connectivity index (χ2v) is 4.31. The number of hydrogen-bond acceptors (Lipinski definition) is 4. The van der Waals surface area contributed by atoms with E-state index in [9.17, 15) is 4.79 Å². The molecule has 1 rings (SSSR count). The van der Waals surface area contributed by atoms with E-state index in [-0.39, 0.29) is 11.9 Å². The molecule has 1 aliphatic rings. The first-order valence-corrected chi connectivity index (χ1v) is 5.98. The van der Waals surface area contributed by atoms with Crippen LogP contribution in [0.3, 0.4) is 0 Å². The van der Waals surface area contributed by atoms with Gasteiger partial charge in [-0.3, -0.25) is 4.79 Å². The first kappa shape index (κ1) is 13.4. The summed E-state index contributed by atoms with van der Waals surface area (Å²) in [5, 5.41) is 6.14. The van der Waals surface area contributed by atoms with Crippen molar-refractivity contribution < 1.29 is 9.53 Å². The summed E-state index contributed by atoms with van der Waals surface area (Å²) in [4.78, 5) is 11.4. The molecule has 0 aromatic rings. The van der Waals surface area contributed by atoms with E-state index in [1.165, 1.54) is 0 Å². The summed E-state index contributed by atoms with van der Waals surface area (Å²) in [5.41, 5.74) is 5.46. The minimum absolute atomic E-state index is 0.0800. The van der Waals surface area contributed by atoms with Crippen LogP contribution < -0.4 is 16.4 Å². The molecule has 0 bridgehead atoms. The summed E-state index contributed by atoms with van der Waals surface area (Å²) in [6, 6.07) is 0.651. The lowest BCUT2D eigenvalue weighted by Gasteiger charge is -2.17. The summed E-state index contributed by atoms with van der Waals surface area (Å²) in [7, 11) is 1.67. The van der Waals surface area contributed by atoms with Gasteiger partial charge in [0.2, 0.25) is 5.91 Å². The van der Waals surface area contributed by atoms with Crippen molar-refractivity contribution in [2.75, 3.05) is 26.8 Å². The fourth-order valence-corrected chi connectivity index (χ4v) is 1.55. The van der Waals surface area contributed by atoms with Crippen LogP contribution in [0.5, 0.6) is 0 Å². The van der Waals surface area contributed by atoms with E-state index in [1.807, 2.05) is 0 Å². The second-order valence-electron chi connectivity index (χ2n) is 4.31. The first-order chi connectivity index (χ1) is 7.76. The predicted octanol–water partition coefficient (Wildman–Crippen LogP) is -0.391. The Bertz CT molecular complexity index is 207. The van der Waals surface area contributed by atoms with Crippen molar-refractivity contribution >= 4 is 5.91 Å². The van der Waals surface area contributed by atoms with Crippen LogP contribution in [0, 0.1) is 0 Å². The summed E-state index contributed by atoms with van der Waals surface area (Å²) >= 11 is 0. The van der Waals surface area contributed by atoms with Gasteiger partial charge in [0, 0.05) is 19.2 Å². The minimum Gasteiger partial charge on any atom is -0.383 e. The molecule has 5 nitrogen and oxygen atoms in total. The van der Waals surface area contributed by atoms with Crippen LogP contribution in [-0.4, -0.2) is 44.8 Å². The molecule has 1 unspecified atom stereocenters.